The van der Waals surface area contributed by atoms with Gasteiger partial charge in [0.05, 0.1) is 11.0 Å². The van der Waals surface area contributed by atoms with E-state index in [-0.39, 0.29) is 51.9 Å². The summed E-state index contributed by atoms with van der Waals surface area (Å²) in [5, 5.41) is 11.9. The highest BCUT2D eigenvalue weighted by Gasteiger charge is 2.41. The predicted molar refractivity (Wildman–Crippen MR) is 157 cm³/mol. The van der Waals surface area contributed by atoms with Crippen molar-refractivity contribution in [1.29, 1.82) is 0 Å². The van der Waals surface area contributed by atoms with E-state index >= 15 is 0 Å². The monoisotopic (exact) mass is 670 g/mol. The molecule has 0 bridgehead atoms. The lowest BCUT2D eigenvalue weighted by Gasteiger charge is -2.26. The highest BCUT2D eigenvalue weighted by Crippen LogP contribution is 2.38. The Hall–Kier alpha value is -3.19. The lowest BCUT2D eigenvalue weighted by Crippen LogP contribution is -2.41. The summed E-state index contributed by atoms with van der Waals surface area (Å²) in [6, 6.07) is 10.9. The third-order valence-corrected chi connectivity index (χ3v) is 10.3. The third kappa shape index (κ3) is 7.36. The Labute approximate surface area is 263 Å². The van der Waals surface area contributed by atoms with Crippen LogP contribution >= 0.6 is 23.2 Å². The second-order valence-electron chi connectivity index (χ2n) is 10.6. The third-order valence-electron chi connectivity index (χ3n) is 7.68. The number of pyridine rings is 1. The Morgan fingerprint density at radius 3 is 2.34 bits per heavy atom. The van der Waals surface area contributed by atoms with E-state index < -0.39 is 34.7 Å². The zero-order valence-electron chi connectivity index (χ0n) is 23.4. The molecule has 2 aromatic carbocycles. The van der Waals surface area contributed by atoms with Crippen molar-refractivity contribution in [3.05, 3.63) is 87.3 Å². The Morgan fingerprint density at radius 2 is 1.68 bits per heavy atom. The number of ether oxygens (including phenoxy) is 3. The number of esters is 1. The van der Waals surface area contributed by atoms with Gasteiger partial charge in [-0.15, -0.1) is 0 Å². The van der Waals surface area contributed by atoms with Gasteiger partial charge in [0.15, 0.2) is 23.9 Å². The van der Waals surface area contributed by atoms with Gasteiger partial charge in [-0.25, -0.2) is 8.42 Å². The number of carbonyl (C=O) groups is 1. The zero-order chi connectivity index (χ0) is 31.4. The first-order chi connectivity index (χ1) is 21.0. The van der Waals surface area contributed by atoms with Crippen LogP contribution in [0.15, 0.2) is 65.8 Å². The number of rotatable bonds is 11. The SMILES string of the molecule is O=C(O[C@@H](Cc1c(Cl)c[n+]([O-])cc1Cl)c1ccc(OC(F)F)c(OC2CCCC2)c1)[C@@H]1CCCN1S(=O)(=O)c1ccccc1. The van der Waals surface area contributed by atoms with Crippen molar-refractivity contribution in [2.75, 3.05) is 6.54 Å². The minimum absolute atomic E-state index is 0.0165. The molecule has 0 radical (unpaired) electrons. The average molecular weight is 672 g/mol. The van der Waals surface area contributed by atoms with E-state index in [0.717, 1.165) is 42.4 Å². The second kappa shape index (κ2) is 13.8. The van der Waals surface area contributed by atoms with Crippen molar-refractivity contribution < 1.29 is 40.9 Å². The summed E-state index contributed by atoms with van der Waals surface area (Å²) >= 11 is 12.7. The highest BCUT2D eigenvalue weighted by molar-refractivity contribution is 7.89. The molecule has 2 fully saturated rings. The van der Waals surface area contributed by atoms with Crippen LogP contribution < -0.4 is 14.2 Å². The van der Waals surface area contributed by atoms with Crippen LogP contribution in [0.2, 0.25) is 10.0 Å². The quantitative estimate of drug-likeness (QED) is 0.135. The molecule has 1 aliphatic heterocycles. The fraction of sp³-hybridized carbons (Fsp3) is 0.400. The molecule has 2 aliphatic rings. The molecular weight excluding hydrogens is 641 g/mol. The van der Waals surface area contributed by atoms with E-state index in [1.165, 1.54) is 30.3 Å². The smallest absolute Gasteiger partial charge is 0.387 e. The maximum Gasteiger partial charge on any atom is 0.387 e. The van der Waals surface area contributed by atoms with E-state index in [2.05, 4.69) is 0 Å². The molecule has 0 unspecified atom stereocenters. The Bertz CT molecular complexity index is 1570. The van der Waals surface area contributed by atoms with E-state index in [0.29, 0.717) is 22.3 Å². The van der Waals surface area contributed by atoms with Crippen molar-refractivity contribution in [1.82, 2.24) is 4.31 Å². The summed E-state index contributed by atoms with van der Waals surface area (Å²) in [4.78, 5) is 13.8. The molecule has 1 aromatic heterocycles. The number of halogens is 4. The van der Waals surface area contributed by atoms with Crippen LogP contribution in [0.1, 0.15) is 55.8 Å². The molecule has 0 spiro atoms. The summed E-state index contributed by atoms with van der Waals surface area (Å²) in [7, 11) is -4.00. The summed E-state index contributed by atoms with van der Waals surface area (Å²) in [6.07, 6.45) is 4.80. The maximum absolute atomic E-state index is 13.7. The van der Waals surface area contributed by atoms with Gasteiger partial charge in [-0.2, -0.15) is 17.8 Å². The molecule has 2 heterocycles. The Kier molecular flexibility index (Phi) is 10.1. The first kappa shape index (κ1) is 32.2. The molecule has 14 heteroatoms. The summed E-state index contributed by atoms with van der Waals surface area (Å²) in [6.45, 7) is -2.97. The van der Waals surface area contributed by atoms with Crippen LogP contribution in [0.4, 0.5) is 8.78 Å². The zero-order valence-corrected chi connectivity index (χ0v) is 25.7. The van der Waals surface area contributed by atoms with Gasteiger partial charge in [-0.1, -0.05) is 47.5 Å². The van der Waals surface area contributed by atoms with Crippen molar-refractivity contribution in [2.24, 2.45) is 0 Å². The van der Waals surface area contributed by atoms with Crippen LogP contribution in [0.25, 0.3) is 0 Å². The van der Waals surface area contributed by atoms with Gasteiger partial charge in [-0.05, 0) is 68.4 Å². The molecule has 9 nitrogen and oxygen atoms in total. The number of benzene rings is 2. The number of alkyl halides is 2. The van der Waals surface area contributed by atoms with Gasteiger partial charge >= 0.3 is 12.6 Å². The van der Waals surface area contributed by atoms with Crippen molar-refractivity contribution in [2.45, 2.75) is 74.7 Å². The molecule has 1 saturated carbocycles. The predicted octanol–water partition coefficient (Wildman–Crippen LogP) is 6.23. The number of carbonyl (C=O) groups excluding carboxylic acids is 1. The first-order valence-electron chi connectivity index (χ1n) is 14.1. The number of hydrogen-bond acceptors (Lipinski definition) is 7. The first-order valence-corrected chi connectivity index (χ1v) is 16.3. The number of aromatic nitrogens is 1. The fourth-order valence-electron chi connectivity index (χ4n) is 5.54. The van der Waals surface area contributed by atoms with Gasteiger partial charge in [0.1, 0.15) is 22.2 Å². The normalized spacial score (nSPS) is 18.4. The molecule has 0 N–H and O–H groups in total. The summed E-state index contributed by atoms with van der Waals surface area (Å²) < 4.78 is 71.6. The van der Waals surface area contributed by atoms with Gasteiger partial charge in [0.2, 0.25) is 10.0 Å². The lowest BCUT2D eigenvalue weighted by atomic mass is 10.0. The molecule has 2 atom stereocenters. The van der Waals surface area contributed by atoms with Gasteiger partial charge in [-0.3, -0.25) is 4.79 Å². The van der Waals surface area contributed by atoms with Crippen molar-refractivity contribution >= 4 is 39.2 Å². The minimum atomic E-state index is -4.00. The molecule has 5 rings (SSSR count). The molecule has 3 aromatic rings. The Morgan fingerprint density at radius 1 is 1.00 bits per heavy atom. The molecule has 0 amide bonds. The van der Waals surface area contributed by atoms with Crippen LogP contribution in [-0.4, -0.2) is 44.0 Å². The average Bonchev–Trinajstić information content (AvgIpc) is 3.68. The van der Waals surface area contributed by atoms with Crippen molar-refractivity contribution in [3.63, 3.8) is 0 Å². The number of nitrogens with zero attached hydrogens (tertiary/aromatic N) is 2. The largest absolute Gasteiger partial charge is 0.619 e. The molecule has 236 valence electrons. The van der Waals surface area contributed by atoms with Crippen molar-refractivity contribution in [3.8, 4) is 11.5 Å². The molecular formula is C30H30Cl2F2N2O7S. The van der Waals surface area contributed by atoms with E-state index in [1.54, 1.807) is 18.2 Å². The van der Waals surface area contributed by atoms with Crippen LogP contribution in [0.5, 0.6) is 11.5 Å². The molecule has 1 saturated heterocycles. The standard InChI is InChI=1S/C30H30Cl2F2N2O7S/c31-23-17-35(38)18-24(32)22(23)16-27(19-12-13-26(43-30(33)34)28(15-19)41-20-7-4-5-8-20)42-29(37)25-11-6-14-36(25)44(39,40)21-9-2-1-3-10-21/h1-3,9-10,12-13,15,17-18,20,25,27,30H,4-8,11,14,16H2/t25-,27-/m0/s1. The molecule has 1 aliphatic carbocycles. The number of sulfonamides is 1. The van der Waals surface area contributed by atoms with Gasteiger partial charge < -0.3 is 19.4 Å². The Balaban J connectivity index is 1.49. The number of hydrogen-bond donors (Lipinski definition) is 0. The summed E-state index contributed by atoms with van der Waals surface area (Å²) in [5.74, 6) is -0.937. The van der Waals surface area contributed by atoms with E-state index in [9.17, 15) is 27.2 Å². The van der Waals surface area contributed by atoms with Crippen LogP contribution in [0.3, 0.4) is 0 Å². The highest BCUT2D eigenvalue weighted by atomic mass is 35.5. The summed E-state index contributed by atoms with van der Waals surface area (Å²) in [5.41, 5.74) is 0.638. The van der Waals surface area contributed by atoms with E-state index in [1.807, 2.05) is 0 Å². The minimum Gasteiger partial charge on any atom is -0.619 e. The van der Waals surface area contributed by atoms with Gasteiger partial charge in [0, 0.05) is 18.5 Å². The second-order valence-corrected chi connectivity index (χ2v) is 13.3. The fourth-order valence-corrected chi connectivity index (χ4v) is 7.81. The molecule has 44 heavy (non-hydrogen) atoms. The van der Waals surface area contributed by atoms with Crippen LogP contribution in [-0.2, 0) is 26.0 Å². The topological polar surface area (TPSA) is 109 Å². The lowest BCUT2D eigenvalue weighted by molar-refractivity contribution is -0.605. The maximum atomic E-state index is 13.7. The van der Waals surface area contributed by atoms with Crippen LogP contribution in [0, 0.1) is 5.21 Å². The van der Waals surface area contributed by atoms with Gasteiger partial charge in [0.25, 0.3) is 0 Å². The van der Waals surface area contributed by atoms with E-state index in [4.69, 9.17) is 37.4 Å².